The third kappa shape index (κ3) is 4.58. The zero-order valence-corrected chi connectivity index (χ0v) is 18.3. The molecule has 0 saturated heterocycles. The Kier molecular flexibility index (Phi) is 6.68. The number of aliphatic hydroxyl groups is 2. The molecule has 7 nitrogen and oxygen atoms in total. The lowest BCUT2D eigenvalue weighted by Gasteiger charge is -2.17. The van der Waals surface area contributed by atoms with Gasteiger partial charge in [-0.2, -0.15) is 4.98 Å². The quantitative estimate of drug-likeness (QED) is 0.357. The molecule has 4 aromatic rings. The van der Waals surface area contributed by atoms with E-state index in [0.29, 0.717) is 17.1 Å². The molecule has 33 heavy (non-hydrogen) atoms. The molecular weight excluding hydrogens is 450 g/mol. The standard InChI is InChI=1S/C23H20F2N4O3S/c1-33-16-5-2-13(3-6-16)21-17-7-9-20(32)29(19-8-4-14(24)10-18(19)25)22(17)28-23(27-21)26-15(11-30)12-31/h2-10,15,30-31H,11-12H2,1H3,(H,26,27,28). The van der Waals surface area contributed by atoms with Crippen LogP contribution in [-0.4, -0.2) is 50.3 Å². The van der Waals surface area contributed by atoms with Gasteiger partial charge in [0.25, 0.3) is 5.56 Å². The second-order valence-corrected chi connectivity index (χ2v) is 8.05. The van der Waals surface area contributed by atoms with Crippen molar-refractivity contribution < 1.29 is 19.0 Å². The minimum atomic E-state index is -0.924. The highest BCUT2D eigenvalue weighted by atomic mass is 32.2. The number of thioether (sulfide) groups is 1. The van der Waals surface area contributed by atoms with E-state index in [4.69, 9.17) is 0 Å². The maximum atomic E-state index is 14.6. The summed E-state index contributed by atoms with van der Waals surface area (Å²) >= 11 is 1.58. The number of rotatable bonds is 7. The number of aliphatic hydroxyl groups excluding tert-OH is 2. The van der Waals surface area contributed by atoms with Crippen LogP contribution in [0, 0.1) is 11.6 Å². The molecule has 2 aromatic carbocycles. The van der Waals surface area contributed by atoms with Crippen LogP contribution in [0.3, 0.4) is 0 Å². The van der Waals surface area contributed by atoms with Gasteiger partial charge < -0.3 is 15.5 Å². The van der Waals surface area contributed by atoms with Gasteiger partial charge in [-0.05, 0) is 36.6 Å². The summed E-state index contributed by atoms with van der Waals surface area (Å²) in [5.74, 6) is -1.67. The fraction of sp³-hybridized carbons (Fsp3) is 0.174. The minimum Gasteiger partial charge on any atom is -0.394 e. The molecule has 0 amide bonds. The molecule has 0 aliphatic carbocycles. The van der Waals surface area contributed by atoms with Gasteiger partial charge in [-0.3, -0.25) is 9.36 Å². The molecule has 0 saturated carbocycles. The predicted molar refractivity (Wildman–Crippen MR) is 124 cm³/mol. The fourth-order valence-electron chi connectivity index (χ4n) is 3.38. The van der Waals surface area contributed by atoms with E-state index in [1.54, 1.807) is 17.8 Å². The zero-order valence-electron chi connectivity index (χ0n) is 17.5. The van der Waals surface area contributed by atoms with Gasteiger partial charge in [0.2, 0.25) is 5.95 Å². The summed E-state index contributed by atoms with van der Waals surface area (Å²) in [4.78, 5) is 22.8. The van der Waals surface area contributed by atoms with E-state index in [9.17, 15) is 23.8 Å². The lowest BCUT2D eigenvalue weighted by Crippen LogP contribution is -2.29. The minimum absolute atomic E-state index is 0.0291. The maximum Gasteiger partial charge on any atom is 0.256 e. The first-order valence-electron chi connectivity index (χ1n) is 9.97. The Labute approximate surface area is 191 Å². The number of benzene rings is 2. The molecule has 0 aliphatic rings. The normalized spacial score (nSPS) is 11.3. The molecule has 4 rings (SSSR count). The summed E-state index contributed by atoms with van der Waals surface area (Å²) in [6.07, 6.45) is 1.96. The van der Waals surface area contributed by atoms with Crippen molar-refractivity contribution in [2.24, 2.45) is 0 Å². The summed E-state index contributed by atoms with van der Waals surface area (Å²) < 4.78 is 29.2. The monoisotopic (exact) mass is 470 g/mol. The van der Waals surface area contributed by atoms with Gasteiger partial charge in [0.1, 0.15) is 11.6 Å². The molecule has 10 heteroatoms. The third-order valence-electron chi connectivity index (χ3n) is 5.04. The number of fused-ring (bicyclic) bond motifs is 1. The van der Waals surface area contributed by atoms with Gasteiger partial charge in [-0.25, -0.2) is 13.8 Å². The van der Waals surface area contributed by atoms with E-state index in [-0.39, 0.29) is 30.5 Å². The lowest BCUT2D eigenvalue weighted by molar-refractivity contribution is 0.203. The summed E-state index contributed by atoms with van der Waals surface area (Å²) in [5, 5.41) is 22.2. The van der Waals surface area contributed by atoms with Gasteiger partial charge in [-0.15, -0.1) is 11.8 Å². The van der Waals surface area contributed by atoms with E-state index in [1.165, 1.54) is 6.07 Å². The summed E-state index contributed by atoms with van der Waals surface area (Å²) in [7, 11) is 0. The average molecular weight is 471 g/mol. The van der Waals surface area contributed by atoms with Gasteiger partial charge in [0.15, 0.2) is 5.65 Å². The first-order chi connectivity index (χ1) is 15.9. The third-order valence-corrected chi connectivity index (χ3v) is 5.78. The Morgan fingerprint density at radius 3 is 2.39 bits per heavy atom. The topological polar surface area (TPSA) is 100 Å². The van der Waals surface area contributed by atoms with Crippen LogP contribution in [0.15, 0.2) is 64.3 Å². The number of nitrogens with zero attached hydrogens (tertiary/aromatic N) is 3. The zero-order chi connectivity index (χ0) is 23.5. The van der Waals surface area contributed by atoms with Crippen molar-refractivity contribution in [1.29, 1.82) is 0 Å². The molecule has 0 radical (unpaired) electrons. The predicted octanol–water partition coefficient (Wildman–Crippen LogP) is 3.21. The number of nitrogens with one attached hydrogen (secondary N) is 1. The van der Waals surface area contributed by atoms with Gasteiger partial charge in [0.05, 0.1) is 30.6 Å². The van der Waals surface area contributed by atoms with Gasteiger partial charge >= 0.3 is 0 Å². The van der Waals surface area contributed by atoms with E-state index >= 15 is 0 Å². The number of halogens is 2. The molecular formula is C23H20F2N4O3S. The highest BCUT2D eigenvalue weighted by Crippen LogP contribution is 2.30. The number of hydrogen-bond acceptors (Lipinski definition) is 7. The lowest BCUT2D eigenvalue weighted by atomic mass is 10.1. The number of hydrogen-bond donors (Lipinski definition) is 3. The molecule has 0 unspecified atom stereocenters. The van der Waals surface area contributed by atoms with Crippen molar-refractivity contribution in [3.63, 3.8) is 0 Å². The van der Waals surface area contributed by atoms with Crippen molar-refractivity contribution in [3.05, 3.63) is 76.6 Å². The van der Waals surface area contributed by atoms with Crippen LogP contribution in [-0.2, 0) is 0 Å². The Morgan fingerprint density at radius 2 is 1.76 bits per heavy atom. The second-order valence-electron chi connectivity index (χ2n) is 7.17. The van der Waals surface area contributed by atoms with E-state index < -0.39 is 23.2 Å². The number of aromatic nitrogens is 3. The highest BCUT2D eigenvalue weighted by Gasteiger charge is 2.18. The number of anilines is 1. The molecule has 0 spiro atoms. The first-order valence-corrected chi connectivity index (χ1v) is 11.2. The molecule has 2 aromatic heterocycles. The molecule has 0 aliphatic heterocycles. The first kappa shape index (κ1) is 22.8. The van der Waals surface area contributed by atoms with E-state index in [0.717, 1.165) is 27.2 Å². The summed E-state index contributed by atoms with van der Waals surface area (Å²) in [5.41, 5.74) is 0.533. The molecule has 0 bridgehead atoms. The molecule has 0 fully saturated rings. The van der Waals surface area contributed by atoms with Crippen LogP contribution in [0.5, 0.6) is 0 Å². The van der Waals surface area contributed by atoms with Crippen molar-refractivity contribution >= 4 is 28.7 Å². The van der Waals surface area contributed by atoms with Crippen LogP contribution >= 0.6 is 11.8 Å². The van der Waals surface area contributed by atoms with Crippen molar-refractivity contribution in [3.8, 4) is 16.9 Å². The molecule has 0 atom stereocenters. The number of pyridine rings is 1. The van der Waals surface area contributed by atoms with Crippen LogP contribution in [0.1, 0.15) is 0 Å². The molecule has 3 N–H and O–H groups in total. The van der Waals surface area contributed by atoms with Gasteiger partial charge in [0, 0.05) is 28.0 Å². The maximum absolute atomic E-state index is 14.6. The van der Waals surface area contributed by atoms with Crippen molar-refractivity contribution in [1.82, 2.24) is 14.5 Å². The highest BCUT2D eigenvalue weighted by molar-refractivity contribution is 7.98. The Hall–Kier alpha value is -3.34. The average Bonchev–Trinajstić information content (AvgIpc) is 2.82. The van der Waals surface area contributed by atoms with Crippen LogP contribution in [0.4, 0.5) is 14.7 Å². The summed E-state index contributed by atoms with van der Waals surface area (Å²) in [6.45, 7) is -0.770. The van der Waals surface area contributed by atoms with Crippen LogP contribution in [0.25, 0.3) is 28.0 Å². The van der Waals surface area contributed by atoms with Crippen molar-refractivity contribution in [2.45, 2.75) is 10.9 Å². The molecule has 2 heterocycles. The fourth-order valence-corrected chi connectivity index (χ4v) is 3.78. The Morgan fingerprint density at radius 1 is 1.03 bits per heavy atom. The van der Waals surface area contributed by atoms with Crippen molar-refractivity contribution in [2.75, 3.05) is 24.8 Å². The smallest absolute Gasteiger partial charge is 0.256 e. The SMILES string of the molecule is CSc1ccc(-c2nc(NC(CO)CO)nc3c2ccc(=O)n3-c2ccc(F)cc2F)cc1. The van der Waals surface area contributed by atoms with E-state index in [2.05, 4.69) is 15.3 Å². The largest absolute Gasteiger partial charge is 0.394 e. The second kappa shape index (κ2) is 9.65. The van der Waals surface area contributed by atoms with E-state index in [1.807, 2.05) is 30.5 Å². The summed E-state index contributed by atoms with van der Waals surface area (Å²) in [6, 6.07) is 12.5. The Balaban J connectivity index is 2.02. The molecule has 170 valence electrons. The van der Waals surface area contributed by atoms with Crippen LogP contribution < -0.4 is 10.9 Å². The van der Waals surface area contributed by atoms with Gasteiger partial charge in [-0.1, -0.05) is 12.1 Å². The van der Waals surface area contributed by atoms with Crippen LogP contribution in [0.2, 0.25) is 0 Å². The Bertz CT molecular complexity index is 1360.